The highest BCUT2D eigenvalue weighted by molar-refractivity contribution is 7.86. The van der Waals surface area contributed by atoms with Gasteiger partial charge in [-0.1, -0.05) is 30.3 Å². The standard InChI is InChI=1S/C39H42O19S2/c1-19-48-17-29-34(53-19)35(57-59(4,42)43)36(58-60(5,44)45)38(54-29)55-32-23-14-26-25(51-18-52-26)13-22(23)30(31-24(32)16-49-37(31)40)21-11-27(46-2)33(28(12-21)47-3)56-39(41)50-15-20-9-7-6-8-10-20/h6-14,19,24,29-32,34-36,38H,15-18H2,1-5H3/t19-,24+,29-,30-,31+,32-,34-,35+,36-,38+/m1/s1. The maximum atomic E-state index is 13.9. The summed E-state index contributed by atoms with van der Waals surface area (Å²) in [5, 5.41) is 0. The largest absolute Gasteiger partial charge is 0.514 e. The van der Waals surface area contributed by atoms with Gasteiger partial charge in [-0.3, -0.25) is 13.2 Å². The Labute approximate surface area is 345 Å². The topological polar surface area (TPSA) is 222 Å². The average Bonchev–Trinajstić information content (AvgIpc) is 3.83. The van der Waals surface area contributed by atoms with E-state index in [0.29, 0.717) is 28.2 Å². The van der Waals surface area contributed by atoms with Gasteiger partial charge in [-0.05, 0) is 53.4 Å². The second-order valence-electron chi connectivity index (χ2n) is 14.6. The van der Waals surface area contributed by atoms with Gasteiger partial charge in [0.05, 0.1) is 52.0 Å². The first-order chi connectivity index (χ1) is 28.6. The van der Waals surface area contributed by atoms with Crippen LogP contribution in [0.2, 0.25) is 0 Å². The molecule has 0 spiro atoms. The van der Waals surface area contributed by atoms with Crippen molar-refractivity contribution < 1.29 is 86.9 Å². The lowest BCUT2D eigenvalue weighted by atomic mass is 9.66. The minimum atomic E-state index is -4.32. The van der Waals surface area contributed by atoms with Crippen molar-refractivity contribution in [1.29, 1.82) is 0 Å². The van der Waals surface area contributed by atoms with Crippen molar-refractivity contribution in [2.45, 2.75) is 62.5 Å². The molecular weight excluding hydrogens is 837 g/mol. The number of benzene rings is 3. The Morgan fingerprint density at radius 3 is 2.12 bits per heavy atom. The summed E-state index contributed by atoms with van der Waals surface area (Å²) in [5.41, 5.74) is 2.22. The lowest BCUT2D eigenvalue weighted by Gasteiger charge is -2.49. The first kappa shape index (κ1) is 42.0. The number of carbonyl (C=O) groups excluding carboxylic acids is 2. The Kier molecular flexibility index (Phi) is 11.6. The first-order valence-corrected chi connectivity index (χ1v) is 22.3. The van der Waals surface area contributed by atoms with Crippen molar-refractivity contribution in [2.24, 2.45) is 11.8 Å². The molecule has 19 nitrogen and oxygen atoms in total. The predicted octanol–water partition coefficient (Wildman–Crippen LogP) is 3.32. The fourth-order valence-electron chi connectivity index (χ4n) is 8.23. The molecule has 0 saturated carbocycles. The molecule has 5 aliphatic rings. The lowest BCUT2D eigenvalue weighted by molar-refractivity contribution is -0.357. The molecule has 4 heterocycles. The van der Waals surface area contributed by atoms with Gasteiger partial charge in [0.2, 0.25) is 12.5 Å². The van der Waals surface area contributed by atoms with Gasteiger partial charge in [0.15, 0.2) is 41.7 Å². The van der Waals surface area contributed by atoms with Crippen molar-refractivity contribution in [3.05, 3.63) is 76.9 Å². The Bertz CT molecular complexity index is 2310. The van der Waals surface area contributed by atoms with E-state index in [1.807, 2.05) is 18.2 Å². The second kappa shape index (κ2) is 16.6. The van der Waals surface area contributed by atoms with Gasteiger partial charge in [-0.15, -0.1) is 0 Å². The highest BCUT2D eigenvalue weighted by Gasteiger charge is 2.58. The number of carbonyl (C=O) groups is 2. The van der Waals surface area contributed by atoms with E-state index in [-0.39, 0.29) is 43.9 Å². The molecule has 0 amide bonds. The van der Waals surface area contributed by atoms with Crippen LogP contribution in [0, 0.1) is 11.8 Å². The van der Waals surface area contributed by atoms with Crippen LogP contribution in [-0.2, 0) is 68.4 Å². The van der Waals surface area contributed by atoms with Gasteiger partial charge < -0.3 is 52.1 Å². The zero-order chi connectivity index (χ0) is 42.5. The maximum Gasteiger partial charge on any atom is 0.514 e. The summed E-state index contributed by atoms with van der Waals surface area (Å²) in [5.74, 6) is -2.30. The molecule has 8 rings (SSSR count). The molecule has 0 bridgehead atoms. The number of esters is 1. The molecule has 324 valence electrons. The fraction of sp³-hybridized carbons (Fsp3) is 0.487. The van der Waals surface area contributed by atoms with Gasteiger partial charge in [0, 0.05) is 11.8 Å². The van der Waals surface area contributed by atoms with Crippen LogP contribution < -0.4 is 23.7 Å². The molecule has 60 heavy (non-hydrogen) atoms. The molecule has 0 N–H and O–H groups in total. The zero-order valence-corrected chi connectivity index (χ0v) is 34.5. The van der Waals surface area contributed by atoms with Crippen LogP contribution >= 0.6 is 0 Å². The van der Waals surface area contributed by atoms with Crippen molar-refractivity contribution in [1.82, 2.24) is 0 Å². The Balaban J connectivity index is 1.19. The van der Waals surface area contributed by atoms with E-state index in [9.17, 15) is 26.4 Å². The van der Waals surface area contributed by atoms with Gasteiger partial charge in [-0.2, -0.15) is 16.8 Å². The van der Waals surface area contributed by atoms with Crippen LogP contribution in [0.5, 0.6) is 28.7 Å². The number of methoxy groups -OCH3 is 2. The van der Waals surface area contributed by atoms with Crippen molar-refractivity contribution >= 4 is 32.4 Å². The monoisotopic (exact) mass is 878 g/mol. The lowest BCUT2D eigenvalue weighted by Crippen LogP contribution is -2.65. The summed E-state index contributed by atoms with van der Waals surface area (Å²) in [6.45, 7) is 1.19. The van der Waals surface area contributed by atoms with Crippen molar-refractivity contribution in [2.75, 3.05) is 46.7 Å². The molecule has 3 fully saturated rings. The van der Waals surface area contributed by atoms with Crippen LogP contribution in [-0.4, -0.2) is 113 Å². The van der Waals surface area contributed by atoms with E-state index in [1.54, 1.807) is 43.3 Å². The second-order valence-corrected chi connectivity index (χ2v) is 17.8. The third kappa shape index (κ3) is 8.57. The summed E-state index contributed by atoms with van der Waals surface area (Å²) in [6.07, 6.45) is -8.44. The quantitative estimate of drug-likeness (QED) is 0.145. The van der Waals surface area contributed by atoms with Crippen LogP contribution in [0.25, 0.3) is 0 Å². The molecule has 3 aromatic rings. The van der Waals surface area contributed by atoms with Crippen molar-refractivity contribution in [3.8, 4) is 28.7 Å². The van der Waals surface area contributed by atoms with E-state index >= 15 is 0 Å². The molecule has 3 saturated heterocycles. The SMILES string of the molecule is COc1cc([C@@H]2c3cc4c(cc3[C@@H](O[C@@H]3O[C@@H]5CO[C@@H](C)O[C@H]5[C@H](OS(C)(=O)=O)[C@H]3OS(C)(=O)=O)[C@H]3COC(=O)[C@H]23)OCO4)cc(OC)c1OC(=O)OCc1ccccc1. The number of cyclic esters (lactones) is 1. The number of ether oxygens (including phenoxy) is 11. The average molecular weight is 879 g/mol. The number of rotatable bonds is 12. The summed E-state index contributed by atoms with van der Waals surface area (Å²) in [6, 6.07) is 15.6. The minimum Gasteiger partial charge on any atom is -0.493 e. The molecule has 0 radical (unpaired) electrons. The highest BCUT2D eigenvalue weighted by Crippen LogP contribution is 2.57. The van der Waals surface area contributed by atoms with Crippen LogP contribution in [0.1, 0.15) is 41.2 Å². The minimum absolute atomic E-state index is 0.0494. The molecule has 0 unspecified atom stereocenters. The third-order valence-electron chi connectivity index (χ3n) is 10.6. The Hall–Kier alpha value is -4.74. The smallest absolute Gasteiger partial charge is 0.493 e. The summed E-state index contributed by atoms with van der Waals surface area (Å²) < 4.78 is 126. The Morgan fingerprint density at radius 1 is 0.817 bits per heavy atom. The summed E-state index contributed by atoms with van der Waals surface area (Å²) >= 11 is 0. The van der Waals surface area contributed by atoms with Gasteiger partial charge in [0.1, 0.15) is 24.9 Å². The molecule has 3 aromatic carbocycles. The third-order valence-corrected chi connectivity index (χ3v) is 11.8. The van der Waals surface area contributed by atoms with E-state index in [0.717, 1.165) is 18.1 Å². The molecule has 4 aliphatic heterocycles. The molecular formula is C39H42O19S2. The molecule has 21 heteroatoms. The van der Waals surface area contributed by atoms with Gasteiger partial charge in [-0.25, -0.2) is 4.79 Å². The Morgan fingerprint density at radius 2 is 1.47 bits per heavy atom. The van der Waals surface area contributed by atoms with Crippen LogP contribution in [0.15, 0.2) is 54.6 Å². The summed E-state index contributed by atoms with van der Waals surface area (Å²) in [7, 11) is -5.82. The van der Waals surface area contributed by atoms with Crippen molar-refractivity contribution in [3.63, 3.8) is 0 Å². The maximum absolute atomic E-state index is 13.9. The van der Waals surface area contributed by atoms with E-state index in [4.69, 9.17) is 60.5 Å². The van der Waals surface area contributed by atoms with E-state index < -0.39 is 93.2 Å². The number of hydrogen-bond acceptors (Lipinski definition) is 19. The van der Waals surface area contributed by atoms with Crippen LogP contribution in [0.3, 0.4) is 0 Å². The number of hydrogen-bond donors (Lipinski definition) is 0. The fourth-order valence-corrected chi connectivity index (χ4v) is 9.46. The first-order valence-electron chi connectivity index (χ1n) is 18.7. The molecule has 0 aromatic heterocycles. The summed E-state index contributed by atoms with van der Waals surface area (Å²) in [4.78, 5) is 26.8. The number of fused-ring (bicyclic) bond motifs is 4. The normalized spacial score (nSPS) is 29.4. The molecule has 10 atom stereocenters. The van der Waals surface area contributed by atoms with E-state index in [1.165, 1.54) is 14.2 Å². The van der Waals surface area contributed by atoms with Gasteiger partial charge in [0.25, 0.3) is 20.2 Å². The van der Waals surface area contributed by atoms with E-state index in [2.05, 4.69) is 0 Å². The van der Waals surface area contributed by atoms with Crippen LogP contribution in [0.4, 0.5) is 4.79 Å². The van der Waals surface area contributed by atoms with Gasteiger partial charge >= 0.3 is 12.1 Å². The predicted molar refractivity (Wildman–Crippen MR) is 201 cm³/mol. The highest BCUT2D eigenvalue weighted by atomic mass is 32.2. The zero-order valence-electron chi connectivity index (χ0n) is 32.9. The molecule has 1 aliphatic carbocycles.